The van der Waals surface area contributed by atoms with Gasteiger partial charge in [0.2, 0.25) is 0 Å². The van der Waals surface area contributed by atoms with Crippen molar-refractivity contribution in [1.29, 1.82) is 0 Å². The van der Waals surface area contributed by atoms with E-state index in [1.807, 2.05) is 0 Å². The zero-order valence-corrected chi connectivity index (χ0v) is 8.27. The minimum Gasteiger partial charge on any atom is -0.299 e. The number of Topliss-reactive ketones (excluding diaryl/α,β-unsaturated/α-hetero) is 1. The topological polar surface area (TPSA) is 17.1 Å². The van der Waals surface area contributed by atoms with E-state index in [2.05, 4.69) is 0 Å². The van der Waals surface area contributed by atoms with Crippen LogP contribution >= 0.6 is 0 Å². The molecule has 0 radical (unpaired) electrons. The second kappa shape index (κ2) is 4.11. The highest BCUT2D eigenvalue weighted by molar-refractivity contribution is 5.83. The zero-order chi connectivity index (χ0) is 10.8. The molecule has 0 heterocycles. The van der Waals surface area contributed by atoms with Gasteiger partial charge in [0.25, 0.3) is 0 Å². The summed E-state index contributed by atoms with van der Waals surface area (Å²) >= 11 is 0. The van der Waals surface area contributed by atoms with Gasteiger partial charge >= 0.3 is 6.18 Å². The van der Waals surface area contributed by atoms with Crippen LogP contribution in [0.3, 0.4) is 0 Å². The monoisotopic (exact) mass is 196 g/mol. The van der Waals surface area contributed by atoms with Crippen LogP contribution in [0.4, 0.5) is 13.2 Å². The van der Waals surface area contributed by atoms with Gasteiger partial charge in [-0.3, -0.25) is 4.79 Å². The molecule has 1 nitrogen and oxygen atoms in total. The van der Waals surface area contributed by atoms with Crippen molar-refractivity contribution >= 4 is 5.78 Å². The van der Waals surface area contributed by atoms with Gasteiger partial charge in [0.15, 0.2) is 0 Å². The molecule has 0 aromatic rings. The third-order valence-electron chi connectivity index (χ3n) is 1.89. The predicted octanol–water partition coefficient (Wildman–Crippen LogP) is 3.05. The van der Waals surface area contributed by atoms with Crippen LogP contribution in [0.5, 0.6) is 0 Å². The molecule has 4 heteroatoms. The van der Waals surface area contributed by atoms with Crippen molar-refractivity contribution in [2.45, 2.75) is 33.9 Å². The van der Waals surface area contributed by atoms with Crippen molar-refractivity contribution in [2.24, 2.45) is 17.8 Å². The number of rotatable bonds is 3. The molecule has 0 bridgehead atoms. The van der Waals surface area contributed by atoms with Gasteiger partial charge < -0.3 is 0 Å². The van der Waals surface area contributed by atoms with E-state index < -0.39 is 29.7 Å². The van der Waals surface area contributed by atoms with E-state index in [0.717, 1.165) is 0 Å². The van der Waals surface area contributed by atoms with Crippen LogP contribution in [0.15, 0.2) is 0 Å². The van der Waals surface area contributed by atoms with Crippen LogP contribution in [-0.4, -0.2) is 12.0 Å². The van der Waals surface area contributed by atoms with E-state index in [1.165, 1.54) is 27.7 Å². The first kappa shape index (κ1) is 12.5. The molecule has 1 unspecified atom stereocenters. The molecule has 0 saturated carbocycles. The molecule has 78 valence electrons. The highest BCUT2D eigenvalue weighted by Crippen LogP contribution is 2.34. The Morgan fingerprint density at radius 3 is 1.54 bits per heavy atom. The smallest absolute Gasteiger partial charge is 0.299 e. The number of carbonyl (C=O) groups is 1. The SMILES string of the molecule is CC(C)C(=O)C(C(C)C)C(F)(F)F. The Morgan fingerprint density at radius 2 is 1.46 bits per heavy atom. The van der Waals surface area contributed by atoms with Crippen LogP contribution < -0.4 is 0 Å². The lowest BCUT2D eigenvalue weighted by atomic mass is 9.86. The molecule has 13 heavy (non-hydrogen) atoms. The van der Waals surface area contributed by atoms with E-state index in [4.69, 9.17) is 0 Å². The molecule has 0 aliphatic rings. The molecule has 0 aromatic heterocycles. The van der Waals surface area contributed by atoms with Gasteiger partial charge in [-0.05, 0) is 5.92 Å². The summed E-state index contributed by atoms with van der Waals surface area (Å²) in [4.78, 5) is 11.2. The Hall–Kier alpha value is -0.540. The highest BCUT2D eigenvalue weighted by atomic mass is 19.4. The Bertz CT molecular complexity index is 182. The summed E-state index contributed by atoms with van der Waals surface area (Å²) in [5.41, 5.74) is 0. The van der Waals surface area contributed by atoms with Crippen LogP contribution in [-0.2, 0) is 4.79 Å². The van der Waals surface area contributed by atoms with Crippen LogP contribution in [0.2, 0.25) is 0 Å². The first-order valence-electron chi connectivity index (χ1n) is 4.28. The molecule has 0 aliphatic heterocycles. The third kappa shape index (κ3) is 3.36. The van der Waals surface area contributed by atoms with Crippen molar-refractivity contribution < 1.29 is 18.0 Å². The fraction of sp³-hybridized carbons (Fsp3) is 0.889. The molecule has 0 rings (SSSR count). The third-order valence-corrected chi connectivity index (χ3v) is 1.89. The normalized spacial score (nSPS) is 15.2. The average molecular weight is 196 g/mol. The first-order chi connectivity index (χ1) is 5.68. The maximum atomic E-state index is 12.4. The Labute approximate surface area is 76.3 Å². The fourth-order valence-corrected chi connectivity index (χ4v) is 1.23. The van der Waals surface area contributed by atoms with E-state index in [0.29, 0.717) is 0 Å². The lowest BCUT2D eigenvalue weighted by Crippen LogP contribution is -2.37. The van der Waals surface area contributed by atoms with E-state index in [-0.39, 0.29) is 0 Å². The minimum absolute atomic E-state index is 0.561. The maximum absolute atomic E-state index is 12.4. The molecule has 0 spiro atoms. The van der Waals surface area contributed by atoms with Gasteiger partial charge in [-0.1, -0.05) is 27.7 Å². The standard InChI is InChI=1S/C9H15F3O/c1-5(2)7(9(10,11)12)8(13)6(3)4/h5-7H,1-4H3. The highest BCUT2D eigenvalue weighted by Gasteiger charge is 2.46. The molecule has 0 aliphatic carbocycles. The Morgan fingerprint density at radius 1 is 1.08 bits per heavy atom. The summed E-state index contributed by atoms with van der Waals surface area (Å²) in [6.45, 7) is 5.81. The van der Waals surface area contributed by atoms with Gasteiger partial charge in [0.1, 0.15) is 11.7 Å². The summed E-state index contributed by atoms with van der Waals surface area (Å²) in [5.74, 6) is -3.78. The molecule has 0 N–H and O–H groups in total. The minimum atomic E-state index is -4.41. The maximum Gasteiger partial charge on any atom is 0.398 e. The van der Waals surface area contributed by atoms with E-state index >= 15 is 0 Å². The van der Waals surface area contributed by atoms with Crippen LogP contribution in [0.25, 0.3) is 0 Å². The summed E-state index contributed by atoms with van der Waals surface area (Å²) in [6, 6.07) is 0. The number of carbonyl (C=O) groups excluding carboxylic acids is 1. The number of hydrogen-bond donors (Lipinski definition) is 0. The van der Waals surface area contributed by atoms with Crippen molar-refractivity contribution in [3.8, 4) is 0 Å². The second-order valence-corrected chi connectivity index (χ2v) is 3.82. The van der Waals surface area contributed by atoms with Gasteiger partial charge in [0.05, 0.1) is 0 Å². The predicted molar refractivity (Wildman–Crippen MR) is 44.2 cm³/mol. The first-order valence-corrected chi connectivity index (χ1v) is 4.28. The Balaban J connectivity index is 4.73. The van der Waals surface area contributed by atoms with Crippen molar-refractivity contribution in [3.63, 3.8) is 0 Å². The largest absolute Gasteiger partial charge is 0.398 e. The number of hydrogen-bond acceptors (Lipinski definition) is 1. The van der Waals surface area contributed by atoms with Crippen molar-refractivity contribution in [3.05, 3.63) is 0 Å². The summed E-state index contributed by atoms with van der Waals surface area (Å²) in [5, 5.41) is 0. The molecular formula is C9H15F3O. The average Bonchev–Trinajstić information content (AvgIpc) is 1.82. The lowest BCUT2D eigenvalue weighted by molar-refractivity contribution is -0.191. The number of alkyl halides is 3. The quantitative estimate of drug-likeness (QED) is 0.678. The molecular weight excluding hydrogens is 181 g/mol. The summed E-state index contributed by atoms with van der Waals surface area (Å²) < 4.78 is 37.1. The van der Waals surface area contributed by atoms with Gasteiger partial charge in [-0.2, -0.15) is 13.2 Å². The van der Waals surface area contributed by atoms with E-state index in [9.17, 15) is 18.0 Å². The van der Waals surface area contributed by atoms with Gasteiger partial charge in [-0.25, -0.2) is 0 Å². The second-order valence-electron chi connectivity index (χ2n) is 3.82. The molecule has 1 atom stereocenters. The summed E-state index contributed by atoms with van der Waals surface area (Å²) in [7, 11) is 0. The van der Waals surface area contributed by atoms with Gasteiger partial charge in [-0.15, -0.1) is 0 Å². The molecule has 0 aromatic carbocycles. The summed E-state index contributed by atoms with van der Waals surface area (Å²) in [6.07, 6.45) is -4.41. The van der Waals surface area contributed by atoms with Gasteiger partial charge in [0, 0.05) is 5.92 Å². The van der Waals surface area contributed by atoms with Crippen LogP contribution in [0.1, 0.15) is 27.7 Å². The molecule has 0 fully saturated rings. The van der Waals surface area contributed by atoms with E-state index in [1.54, 1.807) is 0 Å². The number of halogens is 3. The fourth-order valence-electron chi connectivity index (χ4n) is 1.23. The molecule has 0 amide bonds. The molecule has 0 saturated heterocycles. The lowest BCUT2D eigenvalue weighted by Gasteiger charge is -2.23. The van der Waals surface area contributed by atoms with Crippen molar-refractivity contribution in [1.82, 2.24) is 0 Å². The zero-order valence-electron chi connectivity index (χ0n) is 8.27. The Kier molecular flexibility index (Phi) is 3.94. The van der Waals surface area contributed by atoms with Crippen LogP contribution in [0, 0.1) is 17.8 Å². The van der Waals surface area contributed by atoms with Crippen molar-refractivity contribution in [2.75, 3.05) is 0 Å². The number of ketones is 1.